The van der Waals surface area contributed by atoms with E-state index in [2.05, 4.69) is 10.6 Å². The van der Waals surface area contributed by atoms with Gasteiger partial charge in [-0.2, -0.15) is 0 Å². The van der Waals surface area contributed by atoms with Crippen LogP contribution < -0.4 is 10.6 Å². The van der Waals surface area contributed by atoms with Crippen molar-refractivity contribution in [3.05, 3.63) is 63.2 Å². The summed E-state index contributed by atoms with van der Waals surface area (Å²) >= 11 is 0. The molecule has 29 heavy (non-hydrogen) atoms. The molecule has 0 aromatic heterocycles. The number of aryl methyl sites for hydroxylation is 3. The number of nitro groups is 1. The van der Waals surface area contributed by atoms with Gasteiger partial charge in [0.05, 0.1) is 17.5 Å². The summed E-state index contributed by atoms with van der Waals surface area (Å²) in [5.74, 6) is -0.519. The first-order valence-corrected chi connectivity index (χ1v) is 9.21. The lowest BCUT2D eigenvalue weighted by atomic mass is 10.1. The van der Waals surface area contributed by atoms with Gasteiger partial charge in [0, 0.05) is 23.5 Å². The van der Waals surface area contributed by atoms with Gasteiger partial charge in [-0.15, -0.1) is 0 Å². The van der Waals surface area contributed by atoms with E-state index >= 15 is 0 Å². The number of carbonyl (C=O) groups is 2. The zero-order chi connectivity index (χ0) is 21.7. The number of hydrogen-bond donors (Lipinski definition) is 2. The van der Waals surface area contributed by atoms with E-state index in [9.17, 15) is 19.7 Å². The summed E-state index contributed by atoms with van der Waals surface area (Å²) in [4.78, 5) is 36.7. The van der Waals surface area contributed by atoms with Crippen LogP contribution in [0.4, 0.5) is 17.1 Å². The zero-order valence-electron chi connectivity index (χ0n) is 17.3. The highest BCUT2D eigenvalue weighted by molar-refractivity contribution is 5.96. The summed E-state index contributed by atoms with van der Waals surface area (Å²) in [7, 11) is 1.69. The molecule has 0 aliphatic carbocycles. The summed E-state index contributed by atoms with van der Waals surface area (Å²) in [5.41, 5.74) is 4.30. The zero-order valence-corrected chi connectivity index (χ0v) is 17.3. The molecule has 2 aromatic carbocycles. The Morgan fingerprint density at radius 1 is 1.07 bits per heavy atom. The quantitative estimate of drug-likeness (QED) is 0.549. The molecule has 1 unspecified atom stereocenters. The largest absolute Gasteiger partial charge is 0.325 e. The molecule has 0 heterocycles. The van der Waals surface area contributed by atoms with Crippen LogP contribution in [0.3, 0.4) is 0 Å². The normalized spacial score (nSPS) is 11.8. The topological polar surface area (TPSA) is 105 Å². The van der Waals surface area contributed by atoms with Crippen LogP contribution in [0, 0.1) is 30.9 Å². The molecule has 2 aromatic rings. The Kier molecular flexibility index (Phi) is 7.06. The van der Waals surface area contributed by atoms with Crippen LogP contribution in [0.5, 0.6) is 0 Å². The number of nitrogens with one attached hydrogen (secondary N) is 2. The lowest BCUT2D eigenvalue weighted by Crippen LogP contribution is -2.43. The second kappa shape index (κ2) is 9.29. The summed E-state index contributed by atoms with van der Waals surface area (Å²) in [6.45, 7) is 7.63. The Labute approximate surface area is 170 Å². The van der Waals surface area contributed by atoms with Gasteiger partial charge in [-0.3, -0.25) is 24.6 Å². The second-order valence-corrected chi connectivity index (χ2v) is 7.21. The minimum absolute atomic E-state index is 0.0433. The van der Waals surface area contributed by atoms with E-state index in [1.807, 2.05) is 32.9 Å². The van der Waals surface area contributed by atoms with Gasteiger partial charge in [0.15, 0.2) is 0 Å². The number of nitro benzene ring substituents is 1. The highest BCUT2D eigenvalue weighted by Gasteiger charge is 2.21. The van der Waals surface area contributed by atoms with Gasteiger partial charge >= 0.3 is 0 Å². The molecule has 0 saturated heterocycles. The van der Waals surface area contributed by atoms with Crippen LogP contribution in [0.2, 0.25) is 0 Å². The van der Waals surface area contributed by atoms with E-state index < -0.39 is 11.0 Å². The molecule has 0 saturated carbocycles. The third kappa shape index (κ3) is 5.86. The Hall–Kier alpha value is -3.26. The maximum atomic E-state index is 12.5. The number of amides is 2. The number of benzene rings is 2. The molecule has 2 amide bonds. The average Bonchev–Trinajstić information content (AvgIpc) is 2.64. The Morgan fingerprint density at radius 3 is 2.14 bits per heavy atom. The van der Waals surface area contributed by atoms with Crippen LogP contribution in [0.25, 0.3) is 0 Å². The molecule has 0 fully saturated rings. The maximum Gasteiger partial charge on any atom is 0.269 e. The van der Waals surface area contributed by atoms with Gasteiger partial charge in [0.1, 0.15) is 0 Å². The number of rotatable bonds is 7. The first-order valence-electron chi connectivity index (χ1n) is 9.21. The van der Waals surface area contributed by atoms with Gasteiger partial charge in [0.2, 0.25) is 11.8 Å². The molecule has 0 aliphatic heterocycles. The fourth-order valence-electron chi connectivity index (χ4n) is 3.03. The monoisotopic (exact) mass is 398 g/mol. The average molecular weight is 398 g/mol. The van der Waals surface area contributed by atoms with Crippen molar-refractivity contribution in [2.75, 3.05) is 24.2 Å². The minimum atomic E-state index is -0.573. The Bertz CT molecular complexity index is 902. The molecule has 154 valence electrons. The van der Waals surface area contributed by atoms with E-state index in [4.69, 9.17) is 0 Å². The van der Waals surface area contributed by atoms with Crippen molar-refractivity contribution >= 4 is 28.9 Å². The minimum Gasteiger partial charge on any atom is -0.325 e. The third-order valence-electron chi connectivity index (χ3n) is 4.72. The van der Waals surface area contributed by atoms with Gasteiger partial charge in [-0.1, -0.05) is 17.7 Å². The molecule has 2 rings (SSSR count). The summed E-state index contributed by atoms with van der Waals surface area (Å²) in [6, 6.07) is 9.03. The second-order valence-electron chi connectivity index (χ2n) is 7.21. The molecule has 8 heteroatoms. The van der Waals surface area contributed by atoms with E-state index in [1.54, 1.807) is 18.9 Å². The molecule has 0 aliphatic rings. The van der Waals surface area contributed by atoms with Crippen molar-refractivity contribution in [2.45, 2.75) is 33.7 Å². The molecular weight excluding hydrogens is 372 g/mol. The van der Waals surface area contributed by atoms with Crippen LogP contribution >= 0.6 is 0 Å². The van der Waals surface area contributed by atoms with E-state index in [-0.39, 0.29) is 24.0 Å². The van der Waals surface area contributed by atoms with Gasteiger partial charge < -0.3 is 10.6 Å². The maximum absolute atomic E-state index is 12.5. The lowest BCUT2D eigenvalue weighted by molar-refractivity contribution is -0.384. The van der Waals surface area contributed by atoms with Crippen LogP contribution in [0.1, 0.15) is 23.6 Å². The number of nitrogens with zero attached hydrogens (tertiary/aromatic N) is 2. The summed E-state index contributed by atoms with van der Waals surface area (Å²) in [5, 5.41) is 16.3. The van der Waals surface area contributed by atoms with Crippen molar-refractivity contribution in [2.24, 2.45) is 0 Å². The Morgan fingerprint density at radius 2 is 1.62 bits per heavy atom. The van der Waals surface area contributed by atoms with E-state index in [1.165, 1.54) is 24.3 Å². The first kappa shape index (κ1) is 22.0. The standard InChI is InChI=1S/C21H26N4O4/c1-13-10-14(2)20(15(3)11-13)23-19(26)12-24(5)16(4)21(27)22-17-6-8-18(9-7-17)25(28)29/h6-11,16H,12H2,1-5H3,(H,22,27)(H,23,26). The van der Waals surface area contributed by atoms with Crippen LogP contribution in [0.15, 0.2) is 36.4 Å². The molecule has 2 N–H and O–H groups in total. The number of carbonyl (C=O) groups excluding carboxylic acids is 2. The number of likely N-dealkylation sites (N-methyl/N-ethyl adjacent to an activating group) is 1. The molecule has 1 atom stereocenters. The third-order valence-corrected chi connectivity index (χ3v) is 4.72. The van der Waals surface area contributed by atoms with Crippen molar-refractivity contribution in [3.63, 3.8) is 0 Å². The van der Waals surface area contributed by atoms with E-state index in [0.717, 1.165) is 22.4 Å². The first-order chi connectivity index (χ1) is 13.6. The van der Waals surface area contributed by atoms with Gasteiger partial charge in [-0.05, 0) is 58.0 Å². The lowest BCUT2D eigenvalue weighted by Gasteiger charge is -2.23. The highest BCUT2D eigenvalue weighted by Crippen LogP contribution is 2.22. The fourth-order valence-corrected chi connectivity index (χ4v) is 3.03. The van der Waals surface area contributed by atoms with Crippen LogP contribution in [-0.4, -0.2) is 41.3 Å². The van der Waals surface area contributed by atoms with E-state index in [0.29, 0.717) is 5.69 Å². The predicted octanol–water partition coefficient (Wildman–Crippen LogP) is 3.42. The number of non-ortho nitro benzene ring substituents is 1. The summed E-state index contributed by atoms with van der Waals surface area (Å²) < 4.78 is 0. The van der Waals surface area contributed by atoms with Crippen molar-refractivity contribution in [1.29, 1.82) is 0 Å². The predicted molar refractivity (Wildman–Crippen MR) is 113 cm³/mol. The highest BCUT2D eigenvalue weighted by atomic mass is 16.6. The number of hydrogen-bond acceptors (Lipinski definition) is 5. The molecular formula is C21H26N4O4. The van der Waals surface area contributed by atoms with Crippen LogP contribution in [-0.2, 0) is 9.59 Å². The fraction of sp³-hybridized carbons (Fsp3) is 0.333. The van der Waals surface area contributed by atoms with Crippen molar-refractivity contribution in [3.8, 4) is 0 Å². The number of anilines is 2. The SMILES string of the molecule is Cc1cc(C)c(NC(=O)CN(C)C(C)C(=O)Nc2ccc([N+](=O)[O-])cc2)c(C)c1. The molecule has 0 spiro atoms. The molecule has 8 nitrogen and oxygen atoms in total. The van der Waals surface area contributed by atoms with Gasteiger partial charge in [0.25, 0.3) is 5.69 Å². The summed E-state index contributed by atoms with van der Waals surface area (Å²) in [6.07, 6.45) is 0. The smallest absolute Gasteiger partial charge is 0.269 e. The van der Waals surface area contributed by atoms with Gasteiger partial charge in [-0.25, -0.2) is 0 Å². The Balaban J connectivity index is 1.95. The van der Waals surface area contributed by atoms with Crippen molar-refractivity contribution in [1.82, 2.24) is 4.90 Å². The molecule has 0 bridgehead atoms. The van der Waals surface area contributed by atoms with Crippen molar-refractivity contribution < 1.29 is 14.5 Å². The molecule has 0 radical (unpaired) electrons.